The fraction of sp³-hybridized carbons (Fsp3) is 0.263. The van der Waals surface area contributed by atoms with E-state index in [0.717, 1.165) is 31.0 Å². The molecule has 26 heavy (non-hydrogen) atoms. The minimum absolute atomic E-state index is 0. The van der Waals surface area contributed by atoms with Crippen molar-refractivity contribution in [3.05, 3.63) is 65.9 Å². The van der Waals surface area contributed by atoms with Gasteiger partial charge in [0.15, 0.2) is 18.9 Å². The van der Waals surface area contributed by atoms with E-state index in [1.165, 1.54) is 17.0 Å². The van der Waals surface area contributed by atoms with E-state index in [1.807, 2.05) is 30.5 Å². The minimum atomic E-state index is 0. The quantitative estimate of drug-likeness (QED) is 0.421. The first kappa shape index (κ1) is 20.2. The molecular weight excluding hydrogens is 410 g/mol. The van der Waals surface area contributed by atoms with Gasteiger partial charge in [-0.25, -0.2) is 9.55 Å². The van der Waals surface area contributed by atoms with Gasteiger partial charge in [0.05, 0.1) is 17.9 Å². The van der Waals surface area contributed by atoms with Gasteiger partial charge in [0.1, 0.15) is 0 Å². The number of thiazole rings is 1. The molecule has 3 rings (SSSR count). The molecule has 0 radical (unpaired) electrons. The van der Waals surface area contributed by atoms with Gasteiger partial charge in [-0.1, -0.05) is 6.07 Å². The zero-order valence-electron chi connectivity index (χ0n) is 14.9. The van der Waals surface area contributed by atoms with Crippen molar-refractivity contribution in [2.75, 3.05) is 18.0 Å². The number of hydrogen-bond acceptors (Lipinski definition) is 5. The highest BCUT2D eigenvalue weighted by Crippen LogP contribution is 2.24. The van der Waals surface area contributed by atoms with Crippen molar-refractivity contribution in [3.8, 4) is 0 Å². The number of pyridine rings is 1. The molecule has 0 spiro atoms. The number of nitrogens with zero attached hydrogens (tertiary/aromatic N) is 5. The number of rotatable bonds is 7. The third-order valence-corrected chi connectivity index (χ3v) is 4.70. The number of aryl methyl sites for hydroxylation is 1. The highest BCUT2D eigenvalue weighted by molar-refractivity contribution is 7.13. The molecule has 0 saturated heterocycles. The van der Waals surface area contributed by atoms with Crippen LogP contribution in [0.3, 0.4) is 0 Å². The fourth-order valence-corrected chi connectivity index (χ4v) is 3.12. The summed E-state index contributed by atoms with van der Waals surface area (Å²) in [4.78, 5) is 6.64. The highest BCUT2D eigenvalue weighted by atomic mass is 79.9. The minimum Gasteiger partial charge on any atom is -1.00 e. The lowest BCUT2D eigenvalue weighted by molar-refractivity contribution is -0.694. The molecule has 136 valence electrons. The number of benzene rings is 1. The Morgan fingerprint density at radius 2 is 1.81 bits per heavy atom. The van der Waals surface area contributed by atoms with E-state index >= 15 is 0 Å². The van der Waals surface area contributed by atoms with Gasteiger partial charge in [-0.15, -0.1) is 21.6 Å². The van der Waals surface area contributed by atoms with Gasteiger partial charge in [0.25, 0.3) is 0 Å². The third-order valence-electron chi connectivity index (χ3n) is 3.86. The Balaban J connectivity index is 0.00000243. The standard InChI is InChI=1S/C19H22N5S.BrH/c1-3-24(14-13-23-11-5-4-6-12-23)18-9-7-17(8-10-18)21-22-19-20-16(2)15-25-19;/h4-12,15H,3,13-14H2,1-2H3;1H/q+1;/p-1. The molecule has 0 unspecified atom stereocenters. The number of azo groups is 1. The van der Waals surface area contributed by atoms with E-state index < -0.39 is 0 Å². The Kier molecular flexibility index (Phi) is 7.87. The smallest absolute Gasteiger partial charge is 0.230 e. The van der Waals surface area contributed by atoms with Crippen LogP contribution in [0.25, 0.3) is 0 Å². The second kappa shape index (κ2) is 10.1. The number of halogens is 1. The summed E-state index contributed by atoms with van der Waals surface area (Å²) in [6, 6.07) is 14.3. The van der Waals surface area contributed by atoms with Crippen LogP contribution < -0.4 is 26.4 Å². The molecule has 2 heterocycles. The summed E-state index contributed by atoms with van der Waals surface area (Å²) in [6.07, 6.45) is 4.19. The summed E-state index contributed by atoms with van der Waals surface area (Å²) in [5.74, 6) is 0. The summed E-state index contributed by atoms with van der Waals surface area (Å²) in [5.41, 5.74) is 3.01. The van der Waals surface area contributed by atoms with Crippen LogP contribution in [0.15, 0.2) is 70.5 Å². The van der Waals surface area contributed by atoms with E-state index in [1.54, 1.807) is 0 Å². The lowest BCUT2D eigenvalue weighted by atomic mass is 10.2. The van der Waals surface area contributed by atoms with Crippen molar-refractivity contribution >= 4 is 27.8 Å². The Hall–Kier alpha value is -2.12. The molecular formula is C19H22BrN5S. The van der Waals surface area contributed by atoms with Crippen LogP contribution in [0.1, 0.15) is 12.6 Å². The fourth-order valence-electron chi connectivity index (χ4n) is 2.51. The van der Waals surface area contributed by atoms with Gasteiger partial charge in [-0.2, -0.15) is 0 Å². The van der Waals surface area contributed by atoms with E-state index in [-0.39, 0.29) is 17.0 Å². The molecule has 0 amide bonds. The number of hydrogen-bond donors (Lipinski definition) is 0. The lowest BCUT2D eigenvalue weighted by Crippen LogP contribution is -3.00. The first-order valence-electron chi connectivity index (χ1n) is 8.37. The molecule has 2 aromatic heterocycles. The Labute approximate surface area is 168 Å². The summed E-state index contributed by atoms with van der Waals surface area (Å²) in [5, 5.41) is 11.1. The SMILES string of the molecule is CCN(CC[n+]1ccccc1)c1ccc(N=Nc2nc(C)cs2)cc1.[Br-]. The first-order chi connectivity index (χ1) is 12.2. The van der Waals surface area contributed by atoms with Gasteiger partial charge in [0.2, 0.25) is 5.13 Å². The Morgan fingerprint density at radius 1 is 1.08 bits per heavy atom. The predicted molar refractivity (Wildman–Crippen MR) is 102 cm³/mol. The van der Waals surface area contributed by atoms with Crippen molar-refractivity contribution in [2.24, 2.45) is 10.2 Å². The second-order valence-electron chi connectivity index (χ2n) is 5.68. The summed E-state index contributed by atoms with van der Waals surface area (Å²) < 4.78 is 2.20. The topological polar surface area (TPSA) is 44.7 Å². The molecule has 7 heteroatoms. The number of anilines is 1. The third kappa shape index (κ3) is 5.71. The molecule has 0 aliphatic carbocycles. The van der Waals surface area contributed by atoms with Crippen LogP contribution in [-0.2, 0) is 6.54 Å². The first-order valence-corrected chi connectivity index (χ1v) is 9.25. The molecule has 0 atom stereocenters. The van der Waals surface area contributed by atoms with Crippen molar-refractivity contribution < 1.29 is 21.5 Å². The maximum Gasteiger partial charge on any atom is 0.230 e. The van der Waals surface area contributed by atoms with Crippen molar-refractivity contribution in [1.29, 1.82) is 0 Å². The maximum absolute atomic E-state index is 4.29. The maximum atomic E-state index is 4.29. The predicted octanol–water partition coefficient (Wildman–Crippen LogP) is 1.68. The van der Waals surface area contributed by atoms with E-state index in [4.69, 9.17) is 0 Å². The average molecular weight is 432 g/mol. The van der Waals surface area contributed by atoms with Gasteiger partial charge in [0, 0.05) is 29.7 Å². The van der Waals surface area contributed by atoms with E-state index in [0.29, 0.717) is 5.13 Å². The largest absolute Gasteiger partial charge is 1.00 e. The molecule has 0 bridgehead atoms. The van der Waals surface area contributed by atoms with Crippen molar-refractivity contribution in [2.45, 2.75) is 20.4 Å². The molecule has 0 aliphatic heterocycles. The zero-order valence-corrected chi connectivity index (χ0v) is 17.3. The number of aromatic nitrogens is 2. The zero-order chi connectivity index (χ0) is 17.5. The van der Waals surface area contributed by atoms with Crippen LogP contribution in [-0.4, -0.2) is 18.1 Å². The molecule has 0 N–H and O–H groups in total. The summed E-state index contributed by atoms with van der Waals surface area (Å²) >= 11 is 1.50. The van der Waals surface area contributed by atoms with Crippen LogP contribution in [0.5, 0.6) is 0 Å². The molecule has 5 nitrogen and oxygen atoms in total. The van der Waals surface area contributed by atoms with Crippen molar-refractivity contribution in [3.63, 3.8) is 0 Å². The van der Waals surface area contributed by atoms with Crippen molar-refractivity contribution in [1.82, 2.24) is 4.98 Å². The lowest BCUT2D eigenvalue weighted by Gasteiger charge is -2.21. The van der Waals surface area contributed by atoms with Crippen LogP contribution in [0.4, 0.5) is 16.5 Å². The molecule has 3 aromatic rings. The summed E-state index contributed by atoms with van der Waals surface area (Å²) in [6.45, 7) is 7.02. The van der Waals surface area contributed by atoms with Gasteiger partial charge in [-0.05, 0) is 38.1 Å². The second-order valence-corrected chi connectivity index (χ2v) is 6.52. The Bertz CT molecular complexity index is 817. The van der Waals surface area contributed by atoms with Crippen LogP contribution in [0, 0.1) is 6.92 Å². The highest BCUT2D eigenvalue weighted by Gasteiger charge is 2.07. The van der Waals surface area contributed by atoms with Gasteiger partial charge >= 0.3 is 0 Å². The monoisotopic (exact) mass is 431 g/mol. The Morgan fingerprint density at radius 3 is 2.42 bits per heavy atom. The van der Waals surface area contributed by atoms with Crippen LogP contribution in [0.2, 0.25) is 0 Å². The van der Waals surface area contributed by atoms with Crippen LogP contribution >= 0.6 is 11.3 Å². The average Bonchev–Trinajstić information content (AvgIpc) is 3.08. The van der Waals surface area contributed by atoms with E-state index in [2.05, 4.69) is 68.3 Å². The molecule has 0 saturated carbocycles. The van der Waals surface area contributed by atoms with E-state index in [9.17, 15) is 0 Å². The molecule has 1 aromatic carbocycles. The normalized spacial score (nSPS) is 10.7. The summed E-state index contributed by atoms with van der Waals surface area (Å²) in [7, 11) is 0. The number of likely N-dealkylation sites (N-methyl/N-ethyl adjacent to an activating group) is 1. The van der Waals surface area contributed by atoms with Gasteiger partial charge in [-0.3, -0.25) is 0 Å². The van der Waals surface area contributed by atoms with Gasteiger partial charge < -0.3 is 21.9 Å². The molecule has 0 fully saturated rings. The molecule has 0 aliphatic rings.